The lowest BCUT2D eigenvalue weighted by Gasteiger charge is -2.41. The van der Waals surface area contributed by atoms with E-state index in [0.29, 0.717) is 6.42 Å². The number of carbonyl (C=O) groups excluding carboxylic acids is 2. The molecule has 2 saturated heterocycles. The molecule has 0 bridgehead atoms. The second kappa shape index (κ2) is 15.4. The lowest BCUT2D eigenvalue weighted by atomic mass is 9.99. The fourth-order valence-corrected chi connectivity index (χ4v) is 5.61. The zero-order valence-electron chi connectivity index (χ0n) is 27.9. The molecule has 2 aliphatic heterocycles. The first kappa shape index (κ1) is 37.8. The number of benzene rings is 2. The minimum atomic E-state index is -1.88. The molecule has 51 heavy (non-hydrogen) atoms. The topological polar surface area (TPSA) is 261 Å². The number of phenolic OH excluding ortho intramolecular Hbond substituents is 2. The van der Waals surface area contributed by atoms with Crippen LogP contribution in [0.5, 0.6) is 23.0 Å². The van der Waals surface area contributed by atoms with E-state index in [1.807, 2.05) is 0 Å². The number of rotatable bonds is 10. The van der Waals surface area contributed by atoms with E-state index in [1.54, 1.807) is 13.8 Å². The number of carbonyl (C=O) groups is 2. The first-order valence-electron chi connectivity index (χ1n) is 16.1. The van der Waals surface area contributed by atoms with E-state index < -0.39 is 108 Å². The molecular formula is C34H40O17. The number of hydrogen-bond acceptors (Lipinski definition) is 17. The number of aromatic hydroxyl groups is 2. The van der Waals surface area contributed by atoms with Gasteiger partial charge in [-0.05, 0) is 37.6 Å². The van der Waals surface area contributed by atoms with Crippen molar-refractivity contribution >= 4 is 22.9 Å². The molecule has 0 unspecified atom stereocenters. The van der Waals surface area contributed by atoms with Crippen LogP contribution in [0.25, 0.3) is 22.3 Å². The van der Waals surface area contributed by atoms with Gasteiger partial charge in [0.15, 0.2) is 24.1 Å². The van der Waals surface area contributed by atoms with Crippen molar-refractivity contribution in [3.8, 4) is 34.3 Å². The number of ether oxygens (including phenoxy) is 6. The van der Waals surface area contributed by atoms with Crippen LogP contribution in [0.2, 0.25) is 0 Å². The smallest absolute Gasteiger partial charge is 0.309 e. The molecule has 17 nitrogen and oxygen atoms in total. The standard InChI is InChI=1S/C34H40O17/c1-5-13(2)32(44)50-31-26(42)23(39)14(3)45-34(31)47-18-10-19(38)22-20(11-18)48-28(16-6-8-17(37)9-7-16)30(25(22)41)51-33-27(43)29(46-15(4)36)24(40)21(12-35)49-33/h6-11,13-14,21,23-24,26-27,29,31,33-35,37-40,42-43H,5,12H2,1-4H3/t13-,14-,21+,23-,24+,26+,27+,29-,31+,33-,34-/m0/s1. The zero-order chi connectivity index (χ0) is 37.3. The zero-order valence-corrected chi connectivity index (χ0v) is 27.9. The Balaban J connectivity index is 1.57. The summed E-state index contributed by atoms with van der Waals surface area (Å²) in [4.78, 5) is 38.4. The average Bonchev–Trinajstić information content (AvgIpc) is 3.09. The van der Waals surface area contributed by atoms with E-state index in [1.165, 1.54) is 37.3 Å². The van der Waals surface area contributed by atoms with E-state index in [9.17, 15) is 50.1 Å². The second-order valence-electron chi connectivity index (χ2n) is 12.4. The van der Waals surface area contributed by atoms with Crippen LogP contribution in [-0.4, -0.2) is 116 Å². The Morgan fingerprint density at radius 3 is 2.20 bits per heavy atom. The molecule has 7 N–H and O–H groups in total. The highest BCUT2D eigenvalue weighted by Crippen LogP contribution is 2.39. The van der Waals surface area contributed by atoms with Crippen LogP contribution in [-0.2, 0) is 28.5 Å². The molecule has 0 radical (unpaired) electrons. The molecule has 5 rings (SSSR count). The molecule has 0 amide bonds. The molecule has 3 heterocycles. The van der Waals surface area contributed by atoms with Gasteiger partial charge in [0.2, 0.25) is 23.8 Å². The number of aliphatic hydroxyl groups excluding tert-OH is 5. The summed E-state index contributed by atoms with van der Waals surface area (Å²) in [6.45, 7) is 5.09. The predicted octanol–water partition coefficient (Wildman–Crippen LogP) is 0.424. The summed E-state index contributed by atoms with van der Waals surface area (Å²) in [6.07, 6.45) is -15.0. The summed E-state index contributed by atoms with van der Waals surface area (Å²) in [6, 6.07) is 7.51. The largest absolute Gasteiger partial charge is 0.508 e. The maximum atomic E-state index is 14.1. The summed E-state index contributed by atoms with van der Waals surface area (Å²) >= 11 is 0. The Kier molecular flexibility index (Phi) is 11.4. The van der Waals surface area contributed by atoms with Gasteiger partial charge in [-0.1, -0.05) is 13.8 Å². The third-order valence-corrected chi connectivity index (χ3v) is 8.70. The SMILES string of the molecule is CC[C@H](C)C(=O)O[C@H]1[C@H](Oc2cc(O)c3c(=O)c(O[C@@H]4O[C@H](CO)[C@@H](O)[C@H](OC(C)=O)[C@H]4O)c(-c4ccc(O)cc4)oc3c2)O[C@@H](C)[C@H](O)[C@H]1O. The van der Waals surface area contributed by atoms with Gasteiger partial charge in [0.05, 0.1) is 18.6 Å². The molecule has 1 aromatic heterocycles. The summed E-state index contributed by atoms with van der Waals surface area (Å²) in [5.74, 6) is -4.00. The highest BCUT2D eigenvalue weighted by atomic mass is 16.7. The Bertz CT molecular complexity index is 1770. The molecule has 3 aromatic rings. The predicted molar refractivity (Wildman–Crippen MR) is 172 cm³/mol. The van der Waals surface area contributed by atoms with Crippen LogP contribution in [0.15, 0.2) is 45.6 Å². The molecule has 2 aromatic carbocycles. The molecule has 2 fully saturated rings. The van der Waals surface area contributed by atoms with Crippen molar-refractivity contribution in [2.24, 2.45) is 5.92 Å². The molecule has 278 valence electrons. The normalized spacial score (nSPS) is 30.0. The van der Waals surface area contributed by atoms with Crippen molar-refractivity contribution in [1.82, 2.24) is 0 Å². The molecule has 11 atom stereocenters. The lowest BCUT2D eigenvalue weighted by Crippen LogP contribution is -2.61. The minimum absolute atomic E-state index is 0.134. The summed E-state index contributed by atoms with van der Waals surface area (Å²) in [5, 5.41) is 73.0. The van der Waals surface area contributed by atoms with Crippen LogP contribution < -0.4 is 14.9 Å². The van der Waals surface area contributed by atoms with Gasteiger partial charge < -0.3 is 68.6 Å². The number of hydrogen-bond donors (Lipinski definition) is 7. The fraction of sp³-hybridized carbons (Fsp3) is 0.500. The molecule has 0 saturated carbocycles. The van der Waals surface area contributed by atoms with E-state index in [0.717, 1.165) is 13.0 Å². The van der Waals surface area contributed by atoms with Crippen LogP contribution in [0, 0.1) is 5.92 Å². The summed E-state index contributed by atoms with van der Waals surface area (Å²) in [7, 11) is 0. The van der Waals surface area contributed by atoms with Crippen LogP contribution in [0.4, 0.5) is 0 Å². The van der Waals surface area contributed by atoms with E-state index in [-0.39, 0.29) is 28.4 Å². The second-order valence-corrected chi connectivity index (χ2v) is 12.4. The maximum Gasteiger partial charge on any atom is 0.309 e. The van der Waals surface area contributed by atoms with Crippen molar-refractivity contribution in [2.75, 3.05) is 6.61 Å². The van der Waals surface area contributed by atoms with Gasteiger partial charge >= 0.3 is 11.9 Å². The van der Waals surface area contributed by atoms with Crippen molar-refractivity contribution < 1.29 is 78.2 Å². The third-order valence-electron chi connectivity index (χ3n) is 8.70. The van der Waals surface area contributed by atoms with E-state index >= 15 is 0 Å². The summed E-state index contributed by atoms with van der Waals surface area (Å²) in [5.41, 5.74) is -1.10. The lowest BCUT2D eigenvalue weighted by molar-refractivity contribution is -0.281. The van der Waals surface area contributed by atoms with Crippen LogP contribution in [0.3, 0.4) is 0 Å². The number of esters is 2. The van der Waals surface area contributed by atoms with Crippen LogP contribution >= 0.6 is 0 Å². The van der Waals surface area contributed by atoms with Gasteiger partial charge in [-0.3, -0.25) is 14.4 Å². The van der Waals surface area contributed by atoms with E-state index in [2.05, 4.69) is 0 Å². The van der Waals surface area contributed by atoms with Crippen molar-refractivity contribution in [2.45, 2.75) is 95.5 Å². The molecular weight excluding hydrogens is 680 g/mol. The minimum Gasteiger partial charge on any atom is -0.508 e. The van der Waals surface area contributed by atoms with Gasteiger partial charge in [-0.2, -0.15) is 0 Å². The quantitative estimate of drug-likeness (QED) is 0.140. The molecule has 17 heteroatoms. The Morgan fingerprint density at radius 2 is 1.57 bits per heavy atom. The first-order chi connectivity index (χ1) is 24.1. The van der Waals surface area contributed by atoms with Gasteiger partial charge in [-0.25, -0.2) is 0 Å². The highest BCUT2D eigenvalue weighted by Gasteiger charge is 2.49. The van der Waals surface area contributed by atoms with Gasteiger partial charge in [0, 0.05) is 24.6 Å². The van der Waals surface area contributed by atoms with Crippen molar-refractivity contribution in [3.05, 3.63) is 46.6 Å². The molecule has 0 aliphatic carbocycles. The van der Waals surface area contributed by atoms with Gasteiger partial charge in [-0.15, -0.1) is 0 Å². The third kappa shape index (κ3) is 7.74. The van der Waals surface area contributed by atoms with Crippen LogP contribution in [0.1, 0.15) is 34.1 Å². The van der Waals surface area contributed by atoms with Gasteiger partial charge in [0.25, 0.3) is 0 Å². The monoisotopic (exact) mass is 720 g/mol. The van der Waals surface area contributed by atoms with Crippen molar-refractivity contribution in [3.63, 3.8) is 0 Å². The number of aliphatic hydroxyl groups is 5. The Hall–Kier alpha value is -4.49. The number of fused-ring (bicyclic) bond motifs is 1. The Labute approximate surface area is 290 Å². The number of phenols is 2. The highest BCUT2D eigenvalue weighted by molar-refractivity contribution is 5.88. The summed E-state index contributed by atoms with van der Waals surface area (Å²) < 4.78 is 39.5. The van der Waals surface area contributed by atoms with E-state index in [4.69, 9.17) is 32.8 Å². The van der Waals surface area contributed by atoms with Crippen molar-refractivity contribution in [1.29, 1.82) is 0 Å². The molecule has 2 aliphatic rings. The van der Waals surface area contributed by atoms with Gasteiger partial charge in [0.1, 0.15) is 52.6 Å². The Morgan fingerprint density at radius 1 is 0.882 bits per heavy atom. The molecule has 0 spiro atoms. The fourth-order valence-electron chi connectivity index (χ4n) is 5.61. The average molecular weight is 721 g/mol. The maximum absolute atomic E-state index is 14.1. The first-order valence-corrected chi connectivity index (χ1v) is 16.1.